The van der Waals surface area contributed by atoms with Crippen molar-refractivity contribution < 1.29 is 19.4 Å². The van der Waals surface area contributed by atoms with Gasteiger partial charge in [-0.1, -0.05) is 30.3 Å². The number of pyridine rings is 1. The number of carbonyl (C=O) groups excluding carboxylic acids is 2. The number of benzene rings is 2. The van der Waals surface area contributed by atoms with Crippen LogP contribution in [-0.4, -0.2) is 26.2 Å². The molecule has 0 saturated heterocycles. The Kier molecular flexibility index (Phi) is 4.22. The molecule has 5 rings (SSSR count). The van der Waals surface area contributed by atoms with Gasteiger partial charge in [-0.2, -0.15) is 0 Å². The van der Waals surface area contributed by atoms with Crippen LogP contribution in [0.1, 0.15) is 33.2 Å². The van der Waals surface area contributed by atoms with Crippen molar-refractivity contribution in [3.63, 3.8) is 0 Å². The van der Waals surface area contributed by atoms with Crippen LogP contribution < -0.4 is 4.74 Å². The molecule has 0 aliphatic carbocycles. The van der Waals surface area contributed by atoms with Gasteiger partial charge in [0.25, 0.3) is 0 Å². The maximum atomic E-state index is 12.8. The second kappa shape index (κ2) is 6.95. The molecule has 1 aliphatic rings. The lowest BCUT2D eigenvalue weighted by Crippen LogP contribution is -1.98. The number of aromatic hydroxyl groups is 1. The molecular formula is C25H18N2O4. The summed E-state index contributed by atoms with van der Waals surface area (Å²) in [6, 6.07) is 14.1. The van der Waals surface area contributed by atoms with Crippen LogP contribution in [-0.2, 0) is 7.05 Å². The van der Waals surface area contributed by atoms with Gasteiger partial charge in [0.15, 0.2) is 11.5 Å². The Bertz CT molecular complexity index is 1410. The van der Waals surface area contributed by atoms with Crippen molar-refractivity contribution in [3.05, 3.63) is 83.4 Å². The topological polar surface area (TPSA) is 81.4 Å². The Morgan fingerprint density at radius 1 is 1.13 bits per heavy atom. The number of carbonyl (C=O) groups is 2. The average molecular weight is 410 g/mol. The number of ketones is 2. The summed E-state index contributed by atoms with van der Waals surface area (Å²) >= 11 is 0. The van der Waals surface area contributed by atoms with E-state index in [9.17, 15) is 14.7 Å². The largest absolute Gasteiger partial charge is 0.507 e. The summed E-state index contributed by atoms with van der Waals surface area (Å²) in [5, 5.41) is 10.9. The lowest BCUT2D eigenvalue weighted by atomic mass is 9.99. The molecule has 0 bridgehead atoms. The lowest BCUT2D eigenvalue weighted by molar-refractivity contribution is 0.100. The van der Waals surface area contributed by atoms with E-state index in [1.165, 1.54) is 13.0 Å². The third kappa shape index (κ3) is 3.00. The van der Waals surface area contributed by atoms with Gasteiger partial charge in [0.1, 0.15) is 22.7 Å². The SMILES string of the molecule is CC(=O)c1ccc(-c2ccnc3c2c(/C=C2\Oc4cccc(O)c4C2=O)cn3C)cc1. The summed E-state index contributed by atoms with van der Waals surface area (Å²) in [5.41, 5.74) is 4.21. The summed E-state index contributed by atoms with van der Waals surface area (Å²) in [4.78, 5) is 28.9. The van der Waals surface area contributed by atoms with Crippen LogP contribution >= 0.6 is 0 Å². The van der Waals surface area contributed by atoms with Crippen molar-refractivity contribution in [1.29, 1.82) is 0 Å². The van der Waals surface area contributed by atoms with Crippen molar-refractivity contribution in [2.24, 2.45) is 7.05 Å². The van der Waals surface area contributed by atoms with E-state index in [0.29, 0.717) is 11.3 Å². The minimum atomic E-state index is -0.360. The minimum Gasteiger partial charge on any atom is -0.507 e. The van der Waals surface area contributed by atoms with Gasteiger partial charge in [0.05, 0.1) is 0 Å². The minimum absolute atomic E-state index is 0.0104. The molecule has 0 saturated carbocycles. The number of hydrogen-bond acceptors (Lipinski definition) is 5. The summed E-state index contributed by atoms with van der Waals surface area (Å²) in [7, 11) is 1.89. The Morgan fingerprint density at radius 3 is 2.61 bits per heavy atom. The number of ether oxygens (including phenoxy) is 1. The number of aromatic nitrogens is 2. The van der Waals surface area contributed by atoms with Gasteiger partial charge in [-0.15, -0.1) is 0 Å². The number of phenolic OH excluding ortho intramolecular Hbond substituents is 1. The van der Waals surface area contributed by atoms with E-state index >= 15 is 0 Å². The van der Waals surface area contributed by atoms with Crippen molar-refractivity contribution in [2.75, 3.05) is 0 Å². The summed E-state index contributed by atoms with van der Waals surface area (Å²) in [5.74, 6) is 0.0368. The van der Waals surface area contributed by atoms with E-state index < -0.39 is 0 Å². The van der Waals surface area contributed by atoms with E-state index in [1.54, 1.807) is 36.5 Å². The molecule has 6 nitrogen and oxygen atoms in total. The van der Waals surface area contributed by atoms with Gasteiger partial charge in [-0.25, -0.2) is 4.98 Å². The zero-order valence-electron chi connectivity index (χ0n) is 16.9. The molecule has 1 aliphatic heterocycles. The maximum Gasteiger partial charge on any atom is 0.235 e. The summed E-state index contributed by atoms with van der Waals surface area (Å²) in [6.45, 7) is 1.54. The normalized spacial score (nSPS) is 14.1. The van der Waals surface area contributed by atoms with E-state index in [2.05, 4.69) is 4.98 Å². The summed E-state index contributed by atoms with van der Waals surface area (Å²) < 4.78 is 7.62. The molecule has 2 aromatic carbocycles. The number of nitrogens with zero attached hydrogens (tertiary/aromatic N) is 2. The highest BCUT2D eigenvalue weighted by molar-refractivity contribution is 6.17. The van der Waals surface area contributed by atoms with Crippen LogP contribution in [0.2, 0.25) is 0 Å². The monoisotopic (exact) mass is 410 g/mol. The van der Waals surface area contributed by atoms with Crippen molar-refractivity contribution in [2.45, 2.75) is 6.92 Å². The van der Waals surface area contributed by atoms with Crippen LogP contribution in [0, 0.1) is 0 Å². The van der Waals surface area contributed by atoms with Crippen LogP contribution in [0.3, 0.4) is 0 Å². The van der Waals surface area contributed by atoms with E-state index in [1.807, 2.05) is 36.0 Å². The van der Waals surface area contributed by atoms with Crippen molar-refractivity contribution in [1.82, 2.24) is 9.55 Å². The van der Waals surface area contributed by atoms with Gasteiger partial charge in [0, 0.05) is 36.0 Å². The van der Waals surface area contributed by atoms with Crippen LogP contribution in [0.25, 0.3) is 28.2 Å². The second-order valence-electron chi connectivity index (χ2n) is 7.48. The Hall–Kier alpha value is -4.19. The van der Waals surface area contributed by atoms with Crippen LogP contribution in [0.5, 0.6) is 11.5 Å². The molecule has 0 radical (unpaired) electrons. The highest BCUT2D eigenvalue weighted by Gasteiger charge is 2.30. The van der Waals surface area contributed by atoms with Gasteiger partial charge in [0.2, 0.25) is 5.78 Å². The first-order valence-electron chi connectivity index (χ1n) is 9.75. The number of hydrogen-bond donors (Lipinski definition) is 1. The standard InChI is InChI=1S/C25H18N2O4/c1-14(28)15-6-8-16(9-7-15)18-10-11-26-25-22(18)17(13-27(25)2)12-21-24(30)23-19(29)4-3-5-20(23)31-21/h3-13,29H,1-2H3/b21-12-. The third-order valence-electron chi connectivity index (χ3n) is 5.45. The van der Waals surface area contributed by atoms with Gasteiger partial charge >= 0.3 is 0 Å². The maximum absolute atomic E-state index is 12.8. The number of allylic oxidation sites excluding steroid dienone is 1. The molecule has 1 N–H and O–H groups in total. The predicted octanol–water partition coefficient (Wildman–Crippen LogP) is 4.76. The zero-order valence-corrected chi connectivity index (χ0v) is 16.9. The molecule has 0 unspecified atom stereocenters. The first kappa shape index (κ1) is 18.8. The fraction of sp³-hybridized carbons (Fsp3) is 0.0800. The number of aryl methyl sites for hydroxylation is 1. The Labute approximate surface area is 178 Å². The first-order chi connectivity index (χ1) is 14.9. The fourth-order valence-electron chi connectivity index (χ4n) is 3.93. The summed E-state index contributed by atoms with van der Waals surface area (Å²) in [6.07, 6.45) is 5.30. The first-order valence-corrected chi connectivity index (χ1v) is 9.75. The lowest BCUT2D eigenvalue weighted by Gasteiger charge is -2.06. The Morgan fingerprint density at radius 2 is 1.90 bits per heavy atom. The van der Waals surface area contributed by atoms with Crippen molar-refractivity contribution in [3.8, 4) is 22.6 Å². The van der Waals surface area contributed by atoms with Gasteiger partial charge in [-0.3, -0.25) is 9.59 Å². The number of fused-ring (bicyclic) bond motifs is 2. The molecule has 0 amide bonds. The number of Topliss-reactive ketones (excluding diaryl/α,β-unsaturated/α-hetero) is 2. The molecule has 2 aromatic heterocycles. The van der Waals surface area contributed by atoms with Gasteiger partial charge in [-0.05, 0) is 42.3 Å². The molecule has 6 heteroatoms. The molecule has 4 aromatic rings. The second-order valence-corrected chi connectivity index (χ2v) is 7.48. The molecular weight excluding hydrogens is 392 g/mol. The molecule has 31 heavy (non-hydrogen) atoms. The highest BCUT2D eigenvalue weighted by atomic mass is 16.5. The number of phenols is 1. The Balaban J connectivity index is 1.66. The quantitative estimate of drug-likeness (QED) is 0.389. The van der Waals surface area contributed by atoms with E-state index in [4.69, 9.17) is 4.74 Å². The van der Waals surface area contributed by atoms with Crippen LogP contribution in [0.4, 0.5) is 0 Å². The zero-order chi connectivity index (χ0) is 21.7. The van der Waals surface area contributed by atoms with Crippen molar-refractivity contribution >= 4 is 28.7 Å². The molecule has 3 heterocycles. The van der Waals surface area contributed by atoms with E-state index in [-0.39, 0.29) is 28.6 Å². The fourth-order valence-corrected chi connectivity index (χ4v) is 3.93. The predicted molar refractivity (Wildman–Crippen MR) is 117 cm³/mol. The average Bonchev–Trinajstić information content (AvgIpc) is 3.26. The highest BCUT2D eigenvalue weighted by Crippen LogP contribution is 2.39. The molecule has 0 atom stereocenters. The molecule has 0 fully saturated rings. The third-order valence-corrected chi connectivity index (χ3v) is 5.45. The molecule has 0 spiro atoms. The van der Waals surface area contributed by atoms with Gasteiger partial charge < -0.3 is 14.4 Å². The van der Waals surface area contributed by atoms with Crippen LogP contribution in [0.15, 0.2) is 66.7 Å². The number of rotatable bonds is 3. The smallest absolute Gasteiger partial charge is 0.235 e. The van der Waals surface area contributed by atoms with E-state index in [0.717, 1.165) is 27.7 Å². The molecule has 152 valence electrons.